The number of nitrogens with zero attached hydrogens (tertiary/aromatic N) is 2. The first-order valence-electron chi connectivity index (χ1n) is 11.4. The molecular weight excluding hydrogens is 463 g/mol. The molecular formula is C27H27FN4O4. The quantitative estimate of drug-likeness (QED) is 0.390. The first kappa shape index (κ1) is 24.7. The number of anilines is 1. The highest BCUT2D eigenvalue weighted by molar-refractivity contribution is 6.07. The SMILES string of the molecule is COc1cc(/C=C2/C(C)=C(CC(=O)NCc3cccn3C)c3nc(F)ccc32)ccc1NCC(=O)O. The predicted octanol–water partition coefficient (Wildman–Crippen LogP) is 4.10. The van der Waals surface area contributed by atoms with Crippen LogP contribution in [0.25, 0.3) is 17.2 Å². The molecule has 9 heteroatoms. The molecule has 3 aromatic rings. The second-order valence-electron chi connectivity index (χ2n) is 8.46. The van der Waals surface area contributed by atoms with Gasteiger partial charge in [0, 0.05) is 24.5 Å². The van der Waals surface area contributed by atoms with Crippen molar-refractivity contribution in [1.82, 2.24) is 14.9 Å². The molecule has 0 fully saturated rings. The van der Waals surface area contributed by atoms with Gasteiger partial charge in [0.25, 0.3) is 0 Å². The lowest BCUT2D eigenvalue weighted by molar-refractivity contribution is -0.135. The molecule has 2 heterocycles. The summed E-state index contributed by atoms with van der Waals surface area (Å²) < 4.78 is 21.4. The number of aliphatic carboxylic acids is 1. The number of aromatic nitrogens is 2. The maximum absolute atomic E-state index is 14.1. The fourth-order valence-corrected chi connectivity index (χ4v) is 4.20. The molecule has 1 aromatic carbocycles. The number of carbonyl (C=O) groups excluding carboxylic acids is 1. The number of halogens is 1. The van der Waals surface area contributed by atoms with Gasteiger partial charge in [0.15, 0.2) is 0 Å². The number of carboxylic acid groups (broad SMARTS) is 1. The molecule has 36 heavy (non-hydrogen) atoms. The Bertz CT molecular complexity index is 1390. The van der Waals surface area contributed by atoms with Crippen molar-refractivity contribution >= 4 is 34.8 Å². The summed E-state index contributed by atoms with van der Waals surface area (Å²) in [6, 6.07) is 12.2. The van der Waals surface area contributed by atoms with E-state index >= 15 is 0 Å². The van der Waals surface area contributed by atoms with Gasteiger partial charge in [-0.15, -0.1) is 0 Å². The number of nitrogens with one attached hydrogen (secondary N) is 2. The molecule has 0 saturated heterocycles. The number of carboxylic acids is 1. The average molecular weight is 491 g/mol. The van der Waals surface area contributed by atoms with Gasteiger partial charge in [-0.05, 0) is 71.7 Å². The lowest BCUT2D eigenvalue weighted by Crippen LogP contribution is -2.24. The Kier molecular flexibility index (Phi) is 7.19. The second kappa shape index (κ2) is 10.5. The van der Waals surface area contributed by atoms with E-state index in [-0.39, 0.29) is 18.9 Å². The zero-order valence-corrected chi connectivity index (χ0v) is 20.3. The van der Waals surface area contributed by atoms with E-state index < -0.39 is 11.9 Å². The number of hydrogen-bond donors (Lipinski definition) is 3. The van der Waals surface area contributed by atoms with Crippen molar-refractivity contribution in [2.24, 2.45) is 7.05 Å². The summed E-state index contributed by atoms with van der Waals surface area (Å²) in [6.07, 6.45) is 3.90. The Morgan fingerprint density at radius 2 is 2.03 bits per heavy atom. The molecule has 0 radical (unpaired) electrons. The molecule has 2 aromatic heterocycles. The van der Waals surface area contributed by atoms with E-state index in [1.54, 1.807) is 18.2 Å². The van der Waals surface area contributed by atoms with E-state index in [1.165, 1.54) is 13.2 Å². The van der Waals surface area contributed by atoms with Crippen molar-refractivity contribution in [2.75, 3.05) is 19.0 Å². The number of carbonyl (C=O) groups is 2. The van der Waals surface area contributed by atoms with Crippen LogP contribution in [-0.2, 0) is 23.2 Å². The Morgan fingerprint density at radius 3 is 2.72 bits per heavy atom. The lowest BCUT2D eigenvalue weighted by atomic mass is 10.0. The molecule has 0 unspecified atom stereocenters. The maximum atomic E-state index is 14.1. The maximum Gasteiger partial charge on any atom is 0.322 e. The van der Waals surface area contributed by atoms with Crippen LogP contribution in [0.2, 0.25) is 0 Å². The molecule has 186 valence electrons. The van der Waals surface area contributed by atoms with Gasteiger partial charge in [0.2, 0.25) is 11.9 Å². The highest BCUT2D eigenvalue weighted by atomic mass is 19.1. The van der Waals surface area contributed by atoms with Crippen LogP contribution in [0.3, 0.4) is 0 Å². The van der Waals surface area contributed by atoms with Crippen molar-refractivity contribution in [3.05, 3.63) is 82.7 Å². The third kappa shape index (κ3) is 5.30. The third-order valence-corrected chi connectivity index (χ3v) is 6.12. The summed E-state index contributed by atoms with van der Waals surface area (Å²) in [5.41, 5.74) is 5.87. The van der Waals surface area contributed by atoms with Gasteiger partial charge in [-0.1, -0.05) is 6.07 Å². The van der Waals surface area contributed by atoms with Crippen LogP contribution in [-0.4, -0.2) is 40.2 Å². The molecule has 4 rings (SSSR count). The van der Waals surface area contributed by atoms with Crippen molar-refractivity contribution in [3.8, 4) is 5.75 Å². The number of rotatable bonds is 9. The standard InChI is InChI=1S/C27H27FN4O4/c1-16-20(11-17-6-8-22(23(12-17)36-3)29-15-26(34)35)19-7-9-24(28)31-27(19)21(16)13-25(33)30-14-18-5-4-10-32(18)2/h4-12,29H,13-15H2,1-3H3,(H,30,33)(H,34,35)/b20-11-. The van der Waals surface area contributed by atoms with E-state index in [4.69, 9.17) is 9.84 Å². The molecule has 0 saturated carbocycles. The molecule has 1 aliphatic rings. The number of pyridine rings is 1. The Morgan fingerprint density at radius 1 is 1.22 bits per heavy atom. The fraction of sp³-hybridized carbons (Fsp3) is 0.222. The number of amides is 1. The lowest BCUT2D eigenvalue weighted by Gasteiger charge is -2.11. The van der Waals surface area contributed by atoms with Crippen LogP contribution in [0.5, 0.6) is 5.75 Å². The molecule has 0 bridgehead atoms. The van der Waals surface area contributed by atoms with Crippen LogP contribution in [0, 0.1) is 5.95 Å². The predicted molar refractivity (Wildman–Crippen MR) is 136 cm³/mol. The van der Waals surface area contributed by atoms with Crippen molar-refractivity contribution < 1.29 is 23.8 Å². The minimum Gasteiger partial charge on any atom is -0.495 e. The molecule has 1 amide bonds. The monoisotopic (exact) mass is 490 g/mol. The first-order valence-corrected chi connectivity index (χ1v) is 11.4. The van der Waals surface area contributed by atoms with Gasteiger partial charge in [-0.3, -0.25) is 9.59 Å². The summed E-state index contributed by atoms with van der Waals surface area (Å²) in [6.45, 7) is 2.05. The van der Waals surface area contributed by atoms with Gasteiger partial charge >= 0.3 is 5.97 Å². The summed E-state index contributed by atoms with van der Waals surface area (Å²) >= 11 is 0. The minimum absolute atomic E-state index is 0.0679. The molecule has 1 aliphatic carbocycles. The average Bonchev–Trinajstić information content (AvgIpc) is 3.37. The number of benzene rings is 1. The zero-order chi connectivity index (χ0) is 25.8. The molecule has 8 nitrogen and oxygen atoms in total. The van der Waals surface area contributed by atoms with Crippen LogP contribution >= 0.6 is 0 Å². The van der Waals surface area contributed by atoms with Gasteiger partial charge < -0.3 is 25.0 Å². The molecule has 0 atom stereocenters. The number of methoxy groups -OCH3 is 1. The van der Waals surface area contributed by atoms with E-state index in [0.717, 1.165) is 28.0 Å². The Labute approximate surface area is 208 Å². The molecule has 0 spiro atoms. The minimum atomic E-state index is -0.980. The van der Waals surface area contributed by atoms with Crippen LogP contribution in [0.4, 0.5) is 10.1 Å². The van der Waals surface area contributed by atoms with Crippen molar-refractivity contribution in [1.29, 1.82) is 0 Å². The van der Waals surface area contributed by atoms with Crippen molar-refractivity contribution in [2.45, 2.75) is 19.9 Å². The summed E-state index contributed by atoms with van der Waals surface area (Å²) in [5.74, 6) is -1.28. The topological polar surface area (TPSA) is 105 Å². The number of fused-ring (bicyclic) bond motifs is 1. The number of allylic oxidation sites excluding steroid dienone is 2. The van der Waals surface area contributed by atoms with Gasteiger partial charge in [-0.25, -0.2) is 4.98 Å². The van der Waals surface area contributed by atoms with Gasteiger partial charge in [0.1, 0.15) is 12.3 Å². The van der Waals surface area contributed by atoms with Crippen LogP contribution in [0.1, 0.15) is 35.9 Å². The van der Waals surface area contributed by atoms with Crippen LogP contribution < -0.4 is 15.4 Å². The first-order chi connectivity index (χ1) is 17.3. The van der Waals surface area contributed by atoms with Crippen LogP contribution in [0.15, 0.2) is 54.2 Å². The summed E-state index contributed by atoms with van der Waals surface area (Å²) in [5, 5.41) is 14.7. The third-order valence-electron chi connectivity index (χ3n) is 6.12. The highest BCUT2D eigenvalue weighted by Crippen LogP contribution is 2.43. The smallest absolute Gasteiger partial charge is 0.322 e. The number of hydrogen-bond acceptors (Lipinski definition) is 5. The second-order valence-corrected chi connectivity index (χ2v) is 8.46. The normalized spacial score (nSPS) is 13.6. The largest absolute Gasteiger partial charge is 0.495 e. The van der Waals surface area contributed by atoms with Gasteiger partial charge in [0.05, 0.1) is 31.5 Å². The summed E-state index contributed by atoms with van der Waals surface area (Å²) in [4.78, 5) is 27.8. The fourth-order valence-electron chi connectivity index (χ4n) is 4.20. The van der Waals surface area contributed by atoms with E-state index in [1.807, 2.05) is 49.0 Å². The van der Waals surface area contributed by atoms with Gasteiger partial charge in [-0.2, -0.15) is 4.39 Å². The number of aryl methyl sites for hydroxylation is 1. The zero-order valence-electron chi connectivity index (χ0n) is 20.3. The van der Waals surface area contributed by atoms with Crippen molar-refractivity contribution in [3.63, 3.8) is 0 Å². The van der Waals surface area contributed by atoms with E-state index in [0.29, 0.717) is 29.2 Å². The molecule has 3 N–H and O–H groups in total. The van der Waals surface area contributed by atoms with E-state index in [9.17, 15) is 14.0 Å². The van der Waals surface area contributed by atoms with E-state index in [2.05, 4.69) is 15.6 Å². The highest BCUT2D eigenvalue weighted by Gasteiger charge is 2.27. The summed E-state index contributed by atoms with van der Waals surface area (Å²) in [7, 11) is 3.42. The Hall–Kier alpha value is -4.40. The molecule has 0 aliphatic heterocycles. The Balaban J connectivity index is 1.63. The number of ether oxygens (including phenoxy) is 1.